The van der Waals surface area contributed by atoms with Crippen LogP contribution in [0.5, 0.6) is 0 Å². The van der Waals surface area contributed by atoms with Gasteiger partial charge in [-0.05, 0) is 48.9 Å². The van der Waals surface area contributed by atoms with Gasteiger partial charge in [0.2, 0.25) is 0 Å². The summed E-state index contributed by atoms with van der Waals surface area (Å²) in [4.78, 5) is 10.7. The molecule has 0 saturated heterocycles. The lowest BCUT2D eigenvalue weighted by molar-refractivity contribution is 0.0697. The van der Waals surface area contributed by atoms with Gasteiger partial charge in [-0.25, -0.2) is 4.79 Å². The molecule has 0 saturated carbocycles. The van der Waals surface area contributed by atoms with Crippen molar-refractivity contribution in [2.24, 2.45) is 0 Å². The van der Waals surface area contributed by atoms with Crippen LogP contribution in [0.25, 0.3) is 0 Å². The van der Waals surface area contributed by atoms with Crippen molar-refractivity contribution in [2.45, 2.75) is 53.4 Å². The number of benzene rings is 2. The molecule has 0 fully saturated rings. The highest BCUT2D eigenvalue weighted by Crippen LogP contribution is 2.10. The molecule has 2 aromatic rings. The second-order valence-corrected chi connectivity index (χ2v) is 4.69. The highest BCUT2D eigenvalue weighted by atomic mass is 16.4. The van der Waals surface area contributed by atoms with Gasteiger partial charge in [-0.3, -0.25) is 0 Å². The van der Waals surface area contributed by atoms with E-state index in [4.69, 9.17) is 5.11 Å². The van der Waals surface area contributed by atoms with Crippen LogP contribution >= 0.6 is 0 Å². The Morgan fingerprint density at radius 2 is 1.17 bits per heavy atom. The maximum absolute atomic E-state index is 10.7. The van der Waals surface area contributed by atoms with E-state index in [9.17, 15) is 4.79 Å². The lowest BCUT2D eigenvalue weighted by Gasteiger charge is -2.03. The van der Waals surface area contributed by atoms with Crippen LogP contribution in [0, 0.1) is 0 Å². The first-order valence-corrected chi connectivity index (χ1v) is 8.62. The molecule has 0 aliphatic heterocycles. The average molecular weight is 314 g/mol. The number of carbonyl (C=O) groups is 1. The van der Waals surface area contributed by atoms with Gasteiger partial charge in [0.15, 0.2) is 0 Å². The molecule has 23 heavy (non-hydrogen) atoms. The van der Waals surface area contributed by atoms with Crippen molar-refractivity contribution in [1.82, 2.24) is 0 Å². The predicted molar refractivity (Wildman–Crippen MR) is 99.2 cm³/mol. The van der Waals surface area contributed by atoms with Gasteiger partial charge in [0.25, 0.3) is 0 Å². The van der Waals surface area contributed by atoms with Crippen molar-refractivity contribution in [3.05, 3.63) is 71.3 Å². The lowest BCUT2D eigenvalue weighted by Crippen LogP contribution is -1.96. The maximum atomic E-state index is 10.7. The third-order valence-corrected chi connectivity index (χ3v) is 3.22. The van der Waals surface area contributed by atoms with Crippen LogP contribution in [0.15, 0.2) is 54.6 Å². The van der Waals surface area contributed by atoms with Gasteiger partial charge in [0, 0.05) is 0 Å². The molecule has 0 bridgehead atoms. The number of hydrogen-bond acceptors (Lipinski definition) is 1. The molecular weight excluding hydrogens is 284 g/mol. The van der Waals surface area contributed by atoms with E-state index in [0.29, 0.717) is 5.56 Å². The molecule has 0 spiro atoms. The Morgan fingerprint density at radius 1 is 0.739 bits per heavy atom. The summed E-state index contributed by atoms with van der Waals surface area (Å²) in [5, 5.41) is 8.82. The van der Waals surface area contributed by atoms with Gasteiger partial charge in [-0.1, -0.05) is 70.2 Å². The van der Waals surface area contributed by atoms with E-state index in [0.717, 1.165) is 25.7 Å². The summed E-state index contributed by atoms with van der Waals surface area (Å²) in [5.41, 5.74) is 2.94. The maximum Gasteiger partial charge on any atom is 0.335 e. The summed E-state index contributed by atoms with van der Waals surface area (Å²) in [6, 6.07) is 17.7. The first kappa shape index (κ1) is 20.9. The van der Waals surface area contributed by atoms with Crippen LogP contribution in [-0.2, 0) is 12.8 Å². The molecule has 0 radical (unpaired) electrons. The van der Waals surface area contributed by atoms with Crippen molar-refractivity contribution in [1.29, 1.82) is 0 Å². The summed E-state index contributed by atoms with van der Waals surface area (Å²) in [6.45, 7) is 8.00. The second-order valence-electron chi connectivity index (χ2n) is 4.69. The molecule has 0 aliphatic rings. The number of hydrogen-bond donors (Lipinski definition) is 1. The summed E-state index contributed by atoms with van der Waals surface area (Å²) in [5.74, 6) is -0.865. The predicted octanol–water partition coefficient (Wildman–Crippen LogP) is 6.00. The Morgan fingerprint density at radius 3 is 1.61 bits per heavy atom. The average Bonchev–Trinajstić information content (AvgIpc) is 2.63. The molecule has 0 unspecified atom stereocenters. The number of carboxylic acid groups (broad SMARTS) is 1. The van der Waals surface area contributed by atoms with Crippen molar-refractivity contribution >= 4 is 5.97 Å². The van der Waals surface area contributed by atoms with E-state index in [1.165, 1.54) is 11.1 Å². The molecule has 0 heterocycles. The fraction of sp³-hybridized carbons (Fsp3) is 0.381. The largest absolute Gasteiger partial charge is 0.478 e. The van der Waals surface area contributed by atoms with E-state index in [-0.39, 0.29) is 0 Å². The summed E-state index contributed by atoms with van der Waals surface area (Å²) in [6.07, 6.45) is 4.40. The Labute approximate surface area is 141 Å². The molecule has 0 aliphatic carbocycles. The number of carboxylic acids is 1. The SMILES string of the molecule is CC.CC.O=C(O)c1ccc(CCCCc2ccccc2)cc1. The van der Waals surface area contributed by atoms with Crippen LogP contribution in [0.1, 0.15) is 62.0 Å². The fourth-order valence-electron chi connectivity index (χ4n) is 2.12. The fourth-order valence-corrected chi connectivity index (χ4v) is 2.12. The molecule has 126 valence electrons. The number of aryl methyl sites for hydroxylation is 2. The van der Waals surface area contributed by atoms with E-state index in [1.54, 1.807) is 12.1 Å². The molecule has 0 amide bonds. The van der Waals surface area contributed by atoms with Crippen LogP contribution < -0.4 is 0 Å². The van der Waals surface area contributed by atoms with Gasteiger partial charge >= 0.3 is 5.97 Å². The van der Waals surface area contributed by atoms with Gasteiger partial charge in [-0.15, -0.1) is 0 Å². The van der Waals surface area contributed by atoms with E-state index >= 15 is 0 Å². The van der Waals surface area contributed by atoms with Crippen LogP contribution in [0.4, 0.5) is 0 Å². The Hall–Kier alpha value is -2.09. The van der Waals surface area contributed by atoms with Crippen molar-refractivity contribution < 1.29 is 9.90 Å². The Balaban J connectivity index is 0.00000112. The number of aromatic carboxylic acids is 1. The highest BCUT2D eigenvalue weighted by molar-refractivity contribution is 5.87. The Kier molecular flexibility index (Phi) is 12.3. The molecule has 0 aromatic heterocycles. The van der Waals surface area contributed by atoms with Crippen molar-refractivity contribution in [2.75, 3.05) is 0 Å². The molecule has 2 heteroatoms. The minimum Gasteiger partial charge on any atom is -0.478 e. The molecule has 1 N–H and O–H groups in total. The van der Waals surface area contributed by atoms with Crippen LogP contribution in [0.2, 0.25) is 0 Å². The van der Waals surface area contributed by atoms with Gasteiger partial charge < -0.3 is 5.11 Å². The second kappa shape index (κ2) is 13.6. The molecule has 0 atom stereocenters. The van der Waals surface area contributed by atoms with E-state index in [1.807, 2.05) is 45.9 Å². The van der Waals surface area contributed by atoms with Crippen molar-refractivity contribution in [3.8, 4) is 0 Å². The minimum absolute atomic E-state index is 0.355. The zero-order valence-electron chi connectivity index (χ0n) is 14.9. The zero-order valence-corrected chi connectivity index (χ0v) is 14.9. The third kappa shape index (κ3) is 8.82. The lowest BCUT2D eigenvalue weighted by atomic mass is 10.0. The van der Waals surface area contributed by atoms with Crippen LogP contribution in [-0.4, -0.2) is 11.1 Å². The smallest absolute Gasteiger partial charge is 0.335 e. The topological polar surface area (TPSA) is 37.3 Å². The van der Waals surface area contributed by atoms with Gasteiger partial charge in [0.1, 0.15) is 0 Å². The zero-order chi connectivity index (χ0) is 17.5. The third-order valence-electron chi connectivity index (χ3n) is 3.22. The highest BCUT2D eigenvalue weighted by Gasteiger charge is 2.01. The molecular formula is C21H30O2. The van der Waals surface area contributed by atoms with Crippen LogP contribution in [0.3, 0.4) is 0 Å². The molecule has 2 aromatic carbocycles. The quantitative estimate of drug-likeness (QED) is 0.664. The monoisotopic (exact) mass is 314 g/mol. The van der Waals surface area contributed by atoms with E-state index < -0.39 is 5.97 Å². The summed E-state index contributed by atoms with van der Waals surface area (Å²) < 4.78 is 0. The van der Waals surface area contributed by atoms with Gasteiger partial charge in [-0.2, -0.15) is 0 Å². The molecule has 2 rings (SSSR count). The summed E-state index contributed by atoms with van der Waals surface area (Å²) in [7, 11) is 0. The van der Waals surface area contributed by atoms with Crippen molar-refractivity contribution in [3.63, 3.8) is 0 Å². The minimum atomic E-state index is -0.865. The normalized spacial score (nSPS) is 9.04. The first-order chi connectivity index (χ1) is 11.3. The van der Waals surface area contributed by atoms with E-state index in [2.05, 4.69) is 24.3 Å². The number of unbranched alkanes of at least 4 members (excludes halogenated alkanes) is 1. The van der Waals surface area contributed by atoms with Gasteiger partial charge in [0.05, 0.1) is 5.56 Å². The summed E-state index contributed by atoms with van der Waals surface area (Å²) >= 11 is 0. The first-order valence-electron chi connectivity index (χ1n) is 8.62. The molecule has 2 nitrogen and oxygen atoms in total. The Bertz CT molecular complexity index is 515. The standard InChI is InChI=1S/C17H18O2.2C2H6/c18-17(19)16-12-10-15(11-13-16)9-5-4-8-14-6-2-1-3-7-14;2*1-2/h1-3,6-7,10-13H,4-5,8-9H2,(H,18,19);2*1-2H3. The number of rotatable bonds is 6.